The van der Waals surface area contributed by atoms with Crippen LogP contribution >= 0.6 is 0 Å². The van der Waals surface area contributed by atoms with Crippen LogP contribution in [0.5, 0.6) is 0 Å². The van der Waals surface area contributed by atoms with Crippen LogP contribution in [0.1, 0.15) is 48.0 Å². The molecule has 4 atom stereocenters. The van der Waals surface area contributed by atoms with Gasteiger partial charge < -0.3 is 18.9 Å². The van der Waals surface area contributed by atoms with E-state index in [9.17, 15) is 9.59 Å². The van der Waals surface area contributed by atoms with Crippen molar-refractivity contribution in [3.8, 4) is 0 Å². The second-order valence-electron chi connectivity index (χ2n) is 9.46. The van der Waals surface area contributed by atoms with Crippen molar-refractivity contribution in [2.24, 2.45) is 10.8 Å². The molecule has 0 radical (unpaired) electrons. The molecular formula is C23H34O6. The van der Waals surface area contributed by atoms with Crippen molar-refractivity contribution >= 4 is 11.9 Å². The van der Waals surface area contributed by atoms with Gasteiger partial charge in [0.2, 0.25) is 0 Å². The van der Waals surface area contributed by atoms with E-state index >= 15 is 0 Å². The molecule has 0 aromatic carbocycles. The van der Waals surface area contributed by atoms with Gasteiger partial charge >= 0.3 is 11.9 Å². The molecule has 6 nitrogen and oxygen atoms in total. The minimum absolute atomic E-state index is 0.0110. The van der Waals surface area contributed by atoms with Gasteiger partial charge in [-0.3, -0.25) is 9.59 Å². The Hall–Kier alpha value is -1.92. The summed E-state index contributed by atoms with van der Waals surface area (Å²) < 4.78 is 22.8. The maximum Gasteiger partial charge on any atom is 0.311 e. The largest absolute Gasteiger partial charge is 0.461 e. The average Bonchev–Trinajstić information content (AvgIpc) is 2.83. The SMILES string of the molecule is CC(C)(C)C(=O)OC[C@@H](/C=C/[C@@H]1C=CC[C@H]2OCC=C[C@@H]2O1)OC(=O)C(C)(C)C. The van der Waals surface area contributed by atoms with E-state index in [0.29, 0.717) is 6.61 Å². The molecule has 0 saturated heterocycles. The van der Waals surface area contributed by atoms with Crippen molar-refractivity contribution < 1.29 is 28.5 Å². The number of hydrogen-bond donors (Lipinski definition) is 0. The number of rotatable bonds is 5. The van der Waals surface area contributed by atoms with Crippen LogP contribution in [0.15, 0.2) is 36.5 Å². The number of carbonyl (C=O) groups is 2. The summed E-state index contributed by atoms with van der Waals surface area (Å²) in [6.45, 7) is 11.2. The third-order valence-corrected chi connectivity index (χ3v) is 4.48. The molecular weight excluding hydrogens is 372 g/mol. The molecule has 0 aliphatic carbocycles. The fourth-order valence-corrected chi connectivity index (χ4v) is 2.66. The number of esters is 2. The average molecular weight is 407 g/mol. The minimum Gasteiger partial charge on any atom is -0.461 e. The summed E-state index contributed by atoms with van der Waals surface area (Å²) in [6, 6.07) is 0. The zero-order chi connectivity index (χ0) is 21.7. The van der Waals surface area contributed by atoms with Crippen LogP contribution in [0.3, 0.4) is 0 Å². The number of hydrogen-bond acceptors (Lipinski definition) is 6. The molecule has 29 heavy (non-hydrogen) atoms. The first-order chi connectivity index (χ1) is 13.5. The first-order valence-corrected chi connectivity index (χ1v) is 10.1. The zero-order valence-electron chi connectivity index (χ0n) is 18.3. The molecule has 0 aromatic heterocycles. The predicted molar refractivity (Wildman–Crippen MR) is 110 cm³/mol. The van der Waals surface area contributed by atoms with Crippen LogP contribution < -0.4 is 0 Å². The maximum absolute atomic E-state index is 12.3. The molecule has 2 rings (SSSR count). The van der Waals surface area contributed by atoms with Crippen molar-refractivity contribution in [2.75, 3.05) is 13.2 Å². The molecule has 0 N–H and O–H groups in total. The second-order valence-corrected chi connectivity index (χ2v) is 9.46. The fraction of sp³-hybridized carbons (Fsp3) is 0.652. The Balaban J connectivity index is 2.06. The Morgan fingerprint density at radius 1 is 1.07 bits per heavy atom. The lowest BCUT2D eigenvalue weighted by atomic mass is 9.97. The van der Waals surface area contributed by atoms with Crippen molar-refractivity contribution in [2.45, 2.75) is 72.4 Å². The molecule has 0 spiro atoms. The van der Waals surface area contributed by atoms with Crippen LogP contribution in [-0.4, -0.2) is 49.6 Å². The third kappa shape index (κ3) is 7.44. The fourth-order valence-electron chi connectivity index (χ4n) is 2.66. The van der Waals surface area contributed by atoms with Gasteiger partial charge in [-0.15, -0.1) is 0 Å². The minimum atomic E-state index is -0.692. The highest BCUT2D eigenvalue weighted by Crippen LogP contribution is 2.22. The highest BCUT2D eigenvalue weighted by atomic mass is 16.6. The molecule has 0 fully saturated rings. The summed E-state index contributed by atoms with van der Waals surface area (Å²) in [7, 11) is 0. The Morgan fingerprint density at radius 2 is 1.76 bits per heavy atom. The highest BCUT2D eigenvalue weighted by molar-refractivity contribution is 5.76. The summed E-state index contributed by atoms with van der Waals surface area (Å²) in [6.07, 6.45) is 11.2. The molecule has 2 aliphatic rings. The standard InChI is InChI=1S/C23H34O6/c1-22(2,3)20(24)27-15-17(29-21(25)23(4,5)6)13-12-16-9-7-10-18-19(28-16)11-8-14-26-18/h7-9,11-13,16-19H,10,14-15H2,1-6H3/b13-12+/t16-,17+,18+,19-/m0/s1. The zero-order valence-corrected chi connectivity index (χ0v) is 18.3. The normalized spacial score (nSPS) is 25.9. The Kier molecular flexibility index (Phi) is 7.83. The topological polar surface area (TPSA) is 71.1 Å². The Labute approximate surface area is 173 Å². The first-order valence-electron chi connectivity index (χ1n) is 10.1. The number of carbonyl (C=O) groups excluding carboxylic acids is 2. The van der Waals surface area contributed by atoms with E-state index in [1.807, 2.05) is 30.4 Å². The summed E-state index contributed by atoms with van der Waals surface area (Å²) in [5.41, 5.74) is -1.28. The number of ether oxygens (including phenoxy) is 4. The van der Waals surface area contributed by atoms with Gasteiger partial charge in [-0.25, -0.2) is 0 Å². The van der Waals surface area contributed by atoms with E-state index in [1.165, 1.54) is 0 Å². The van der Waals surface area contributed by atoms with Crippen LogP contribution in [0.2, 0.25) is 0 Å². The molecule has 2 heterocycles. The predicted octanol–water partition coefficient (Wildman–Crippen LogP) is 3.76. The van der Waals surface area contributed by atoms with Crippen molar-refractivity contribution in [1.29, 1.82) is 0 Å². The van der Waals surface area contributed by atoms with Gasteiger partial charge in [0.25, 0.3) is 0 Å². The van der Waals surface area contributed by atoms with Gasteiger partial charge in [0.05, 0.1) is 29.6 Å². The Bertz CT molecular complexity index is 662. The molecule has 0 bridgehead atoms. The molecule has 0 saturated carbocycles. The summed E-state index contributed by atoms with van der Waals surface area (Å²) in [5, 5.41) is 0. The third-order valence-electron chi connectivity index (χ3n) is 4.48. The van der Waals surface area contributed by atoms with Gasteiger partial charge in [0.15, 0.2) is 6.10 Å². The van der Waals surface area contributed by atoms with Crippen LogP contribution in [0, 0.1) is 10.8 Å². The summed E-state index contributed by atoms with van der Waals surface area (Å²) in [5.74, 6) is -0.708. The monoisotopic (exact) mass is 406 g/mol. The smallest absolute Gasteiger partial charge is 0.311 e. The van der Waals surface area contributed by atoms with Crippen molar-refractivity contribution in [3.05, 3.63) is 36.5 Å². The number of fused-ring (bicyclic) bond motifs is 1. The summed E-state index contributed by atoms with van der Waals surface area (Å²) in [4.78, 5) is 24.5. The molecule has 0 unspecified atom stereocenters. The van der Waals surface area contributed by atoms with E-state index in [4.69, 9.17) is 18.9 Å². The van der Waals surface area contributed by atoms with E-state index < -0.39 is 16.9 Å². The Morgan fingerprint density at radius 3 is 2.41 bits per heavy atom. The van der Waals surface area contributed by atoms with Gasteiger partial charge in [-0.2, -0.15) is 0 Å². The first kappa shape index (κ1) is 23.4. The van der Waals surface area contributed by atoms with Gasteiger partial charge in [-0.1, -0.05) is 30.4 Å². The van der Waals surface area contributed by atoms with Crippen molar-refractivity contribution in [3.63, 3.8) is 0 Å². The second kappa shape index (κ2) is 9.72. The maximum atomic E-state index is 12.3. The highest BCUT2D eigenvalue weighted by Gasteiger charge is 2.29. The van der Waals surface area contributed by atoms with Gasteiger partial charge in [0.1, 0.15) is 12.7 Å². The lowest BCUT2D eigenvalue weighted by Crippen LogP contribution is -2.34. The van der Waals surface area contributed by atoms with E-state index in [1.54, 1.807) is 47.6 Å². The van der Waals surface area contributed by atoms with Crippen LogP contribution in [0.25, 0.3) is 0 Å². The van der Waals surface area contributed by atoms with Gasteiger partial charge in [-0.05, 0) is 54.0 Å². The lowest BCUT2D eigenvalue weighted by molar-refractivity contribution is -0.166. The van der Waals surface area contributed by atoms with E-state index in [0.717, 1.165) is 6.42 Å². The molecule has 6 heteroatoms. The van der Waals surface area contributed by atoms with Crippen molar-refractivity contribution in [1.82, 2.24) is 0 Å². The quantitative estimate of drug-likeness (QED) is 0.511. The molecule has 2 aliphatic heterocycles. The van der Waals surface area contributed by atoms with E-state index in [2.05, 4.69) is 0 Å². The van der Waals surface area contributed by atoms with Crippen LogP contribution in [-0.2, 0) is 28.5 Å². The molecule has 0 aromatic rings. The van der Waals surface area contributed by atoms with Gasteiger partial charge in [0, 0.05) is 0 Å². The molecule has 162 valence electrons. The van der Waals surface area contributed by atoms with Crippen LogP contribution in [0.4, 0.5) is 0 Å². The molecule has 0 amide bonds. The summed E-state index contributed by atoms with van der Waals surface area (Å²) >= 11 is 0. The van der Waals surface area contributed by atoms with E-state index in [-0.39, 0.29) is 36.9 Å². The lowest BCUT2D eigenvalue weighted by Gasteiger charge is -2.27.